The van der Waals surface area contributed by atoms with Crippen molar-refractivity contribution >= 4 is 56.5 Å². The topological polar surface area (TPSA) is 26.3 Å². The molecule has 0 aromatic rings. The van der Waals surface area contributed by atoms with Gasteiger partial charge in [0, 0.05) is 12.3 Å². The van der Waals surface area contributed by atoms with Crippen LogP contribution in [0.2, 0.25) is 0 Å². The number of hydrogen-bond donors (Lipinski definition) is 0. The van der Waals surface area contributed by atoms with Crippen molar-refractivity contribution in [3.8, 4) is 0 Å². The quantitative estimate of drug-likeness (QED) is 0.643. The van der Waals surface area contributed by atoms with Gasteiger partial charge in [0.25, 0.3) is 0 Å². The molecule has 13 heavy (non-hydrogen) atoms. The maximum absolute atomic E-state index is 11.2. The molecule has 2 heterocycles. The van der Waals surface area contributed by atoms with Crippen LogP contribution in [0.4, 0.5) is 0 Å². The zero-order valence-corrected chi connectivity index (χ0v) is 10.2. The monoisotopic (exact) mass is 306 g/mol. The van der Waals surface area contributed by atoms with E-state index < -0.39 is 9.90 Å². The fraction of sp³-hybridized carbons (Fsp3) is 0.857. The van der Waals surface area contributed by atoms with Crippen molar-refractivity contribution in [2.45, 2.75) is 27.2 Å². The molecule has 0 amide bonds. The van der Waals surface area contributed by atoms with Crippen LogP contribution < -0.4 is 0 Å². The van der Waals surface area contributed by atoms with Crippen LogP contribution in [-0.4, -0.2) is 26.6 Å². The van der Waals surface area contributed by atoms with Gasteiger partial charge in [-0.2, -0.15) is 0 Å². The Morgan fingerprint density at radius 3 is 2.46 bits per heavy atom. The second-order valence-electron chi connectivity index (χ2n) is 3.28. The first kappa shape index (κ1) is 10.5. The van der Waals surface area contributed by atoms with Crippen LogP contribution >= 0.6 is 50.7 Å². The van der Waals surface area contributed by atoms with Crippen LogP contribution in [0.3, 0.4) is 0 Å². The summed E-state index contributed by atoms with van der Waals surface area (Å²) in [5, 5.41) is 0. The van der Waals surface area contributed by atoms with Gasteiger partial charge in [-0.15, -0.1) is 0 Å². The largest absolute Gasteiger partial charge is 0.365 e. The van der Waals surface area contributed by atoms with Crippen LogP contribution in [0, 0.1) is 5.92 Å². The van der Waals surface area contributed by atoms with Crippen molar-refractivity contribution < 1.29 is 9.53 Å². The summed E-state index contributed by atoms with van der Waals surface area (Å²) >= 11 is 20.7. The summed E-state index contributed by atoms with van der Waals surface area (Å²) in [5.41, 5.74) is 0. The van der Waals surface area contributed by atoms with E-state index in [9.17, 15) is 4.79 Å². The molecule has 0 saturated carbocycles. The Kier molecular flexibility index (Phi) is 2.62. The van der Waals surface area contributed by atoms with E-state index in [4.69, 9.17) is 39.5 Å². The van der Waals surface area contributed by atoms with E-state index in [0.717, 1.165) is 0 Å². The van der Waals surface area contributed by atoms with Gasteiger partial charge in [0.05, 0.1) is 10.9 Å². The Morgan fingerprint density at radius 1 is 1.46 bits per heavy atom. The minimum atomic E-state index is -1.37. The Morgan fingerprint density at radius 2 is 2.08 bits per heavy atom. The average Bonchev–Trinajstić information content (AvgIpc) is 2.40. The van der Waals surface area contributed by atoms with Crippen molar-refractivity contribution in [1.82, 2.24) is 0 Å². The number of halogens is 4. The first-order chi connectivity index (χ1) is 5.91. The SMILES string of the molecule is O=C1C[C@@H]2O[C@H]1[C@H](Br)[C@H]2C(Cl)(Cl)Cl. The number of fused-ring (bicyclic) bond motifs is 2. The van der Waals surface area contributed by atoms with Crippen LogP contribution in [0.5, 0.6) is 0 Å². The van der Waals surface area contributed by atoms with E-state index in [-0.39, 0.29) is 22.6 Å². The molecule has 74 valence electrons. The molecule has 0 N–H and O–H groups in total. The molecule has 6 heteroatoms. The lowest BCUT2D eigenvalue weighted by Gasteiger charge is -2.28. The summed E-state index contributed by atoms with van der Waals surface area (Å²) in [7, 11) is 0. The van der Waals surface area contributed by atoms with Crippen molar-refractivity contribution in [3.63, 3.8) is 0 Å². The molecule has 0 aromatic carbocycles. The molecule has 2 saturated heterocycles. The number of ether oxygens (including phenoxy) is 1. The van der Waals surface area contributed by atoms with E-state index in [2.05, 4.69) is 15.9 Å². The maximum atomic E-state index is 11.2. The number of carbonyl (C=O) groups excluding carboxylic acids is 1. The third kappa shape index (κ3) is 1.63. The molecule has 4 atom stereocenters. The summed E-state index contributed by atoms with van der Waals surface area (Å²) in [5.74, 6) is -0.141. The molecule has 2 fully saturated rings. The predicted molar refractivity (Wildman–Crippen MR) is 54.8 cm³/mol. The summed E-state index contributed by atoms with van der Waals surface area (Å²) in [6.45, 7) is 0. The lowest BCUT2D eigenvalue weighted by molar-refractivity contribution is -0.121. The number of Topliss-reactive ketones (excluding diaryl/α,β-unsaturated/α-hetero) is 1. The molecular formula is C7H6BrCl3O2. The third-order valence-corrected chi connectivity index (χ3v) is 4.26. The molecule has 0 spiro atoms. The Bertz CT molecular complexity index is 251. The molecule has 0 aliphatic carbocycles. The molecule has 2 aliphatic rings. The summed E-state index contributed by atoms with van der Waals surface area (Å²) in [4.78, 5) is 11.1. The van der Waals surface area contributed by atoms with Gasteiger partial charge in [-0.25, -0.2) is 0 Å². The highest BCUT2D eigenvalue weighted by Gasteiger charge is 2.59. The first-order valence-corrected chi connectivity index (χ1v) is 5.85. The maximum Gasteiger partial charge on any atom is 0.197 e. The normalized spacial score (nSPS) is 44.5. The highest BCUT2D eigenvalue weighted by molar-refractivity contribution is 9.09. The number of ketones is 1. The number of carbonyl (C=O) groups is 1. The summed E-state index contributed by atoms with van der Waals surface area (Å²) in [6, 6.07) is 0. The standard InChI is InChI=1S/C7H6BrCl3O2/c8-5-4(7(9,10)11)3-1-2(12)6(5)13-3/h3-6H,1H2/t3-,4-,5+,6+/m0/s1. The molecule has 0 aromatic heterocycles. The second-order valence-corrected chi connectivity index (χ2v) is 6.70. The number of alkyl halides is 4. The van der Waals surface area contributed by atoms with Gasteiger partial charge in [-0.3, -0.25) is 4.79 Å². The van der Waals surface area contributed by atoms with Gasteiger partial charge in [-0.1, -0.05) is 50.7 Å². The van der Waals surface area contributed by atoms with Crippen molar-refractivity contribution in [2.24, 2.45) is 5.92 Å². The summed E-state index contributed by atoms with van der Waals surface area (Å²) < 4.78 is 4.02. The molecule has 2 bridgehead atoms. The fourth-order valence-corrected chi connectivity index (χ4v) is 4.32. The van der Waals surface area contributed by atoms with Crippen LogP contribution in [-0.2, 0) is 9.53 Å². The second kappa shape index (κ2) is 3.24. The molecular weight excluding hydrogens is 302 g/mol. The summed E-state index contributed by atoms with van der Waals surface area (Å²) in [6.07, 6.45) is -0.300. The fourth-order valence-electron chi connectivity index (χ4n) is 1.88. The molecule has 0 radical (unpaired) electrons. The van der Waals surface area contributed by atoms with Crippen molar-refractivity contribution in [1.29, 1.82) is 0 Å². The van der Waals surface area contributed by atoms with Crippen LogP contribution in [0.1, 0.15) is 6.42 Å². The smallest absolute Gasteiger partial charge is 0.197 e. The predicted octanol–water partition coefficient (Wildman–Crippen LogP) is 2.48. The number of rotatable bonds is 0. The first-order valence-electron chi connectivity index (χ1n) is 3.80. The Labute approximate surface area is 99.0 Å². The minimum absolute atomic E-state index is 0.0948. The molecule has 2 nitrogen and oxygen atoms in total. The van der Waals surface area contributed by atoms with Gasteiger partial charge < -0.3 is 4.74 Å². The zero-order chi connectivity index (χ0) is 9.80. The average molecular weight is 308 g/mol. The van der Waals surface area contributed by atoms with E-state index in [1.54, 1.807) is 0 Å². The molecule has 0 unspecified atom stereocenters. The van der Waals surface area contributed by atoms with Crippen LogP contribution in [0.25, 0.3) is 0 Å². The van der Waals surface area contributed by atoms with Crippen LogP contribution in [0.15, 0.2) is 0 Å². The Balaban J connectivity index is 2.23. The molecule has 2 rings (SSSR count). The molecule has 2 aliphatic heterocycles. The lowest BCUT2D eigenvalue weighted by Crippen LogP contribution is -2.40. The highest BCUT2D eigenvalue weighted by atomic mass is 79.9. The minimum Gasteiger partial charge on any atom is -0.365 e. The van der Waals surface area contributed by atoms with Gasteiger partial charge in [0.2, 0.25) is 0 Å². The van der Waals surface area contributed by atoms with E-state index >= 15 is 0 Å². The van der Waals surface area contributed by atoms with Crippen molar-refractivity contribution in [2.75, 3.05) is 0 Å². The van der Waals surface area contributed by atoms with Crippen molar-refractivity contribution in [3.05, 3.63) is 0 Å². The third-order valence-electron chi connectivity index (χ3n) is 2.45. The lowest BCUT2D eigenvalue weighted by atomic mass is 9.89. The van der Waals surface area contributed by atoms with E-state index in [1.807, 2.05) is 0 Å². The zero-order valence-electron chi connectivity index (χ0n) is 6.34. The van der Waals surface area contributed by atoms with Gasteiger partial charge in [0.1, 0.15) is 6.10 Å². The number of hydrogen-bond acceptors (Lipinski definition) is 2. The highest BCUT2D eigenvalue weighted by Crippen LogP contribution is 2.51. The van der Waals surface area contributed by atoms with Gasteiger partial charge in [0.15, 0.2) is 9.58 Å². The van der Waals surface area contributed by atoms with E-state index in [1.165, 1.54) is 0 Å². The van der Waals surface area contributed by atoms with Gasteiger partial charge in [-0.05, 0) is 0 Å². The van der Waals surface area contributed by atoms with E-state index in [0.29, 0.717) is 6.42 Å². The van der Waals surface area contributed by atoms with Gasteiger partial charge >= 0.3 is 0 Å². The Hall–Kier alpha value is 0.980.